The van der Waals surface area contributed by atoms with Gasteiger partial charge in [-0.15, -0.1) is 10.2 Å². The van der Waals surface area contributed by atoms with Gasteiger partial charge in [-0.1, -0.05) is 24.3 Å². The van der Waals surface area contributed by atoms with Crippen LogP contribution in [0.4, 0.5) is 17.1 Å². The van der Waals surface area contributed by atoms with E-state index in [2.05, 4.69) is 15.0 Å². The van der Waals surface area contributed by atoms with Gasteiger partial charge in [0.25, 0.3) is 11.2 Å². The number of pyridine rings is 1. The Labute approximate surface area is 174 Å². The third-order valence-electron chi connectivity index (χ3n) is 4.36. The summed E-state index contributed by atoms with van der Waals surface area (Å²) in [5.41, 5.74) is -1.90. The number of nitro groups is 1. The number of benzene rings is 2. The molecule has 31 heavy (non-hydrogen) atoms. The average molecular weight is 424 g/mol. The molecule has 2 aromatic carbocycles. The van der Waals surface area contributed by atoms with Gasteiger partial charge in [-0.3, -0.25) is 14.9 Å². The van der Waals surface area contributed by atoms with Crippen molar-refractivity contribution in [1.29, 1.82) is 0 Å². The van der Waals surface area contributed by atoms with E-state index in [4.69, 9.17) is 0 Å². The van der Waals surface area contributed by atoms with Crippen LogP contribution in [0.3, 0.4) is 0 Å². The maximum Gasteiger partial charge on any atom is 0.347 e. The molecule has 0 aliphatic carbocycles. The standard InChI is InChI=1S/C20H16N4O7/c1-11-8-9-12(10-14(11)24(29)30)21-22-16-17(25)15(20(28)31-2)18(26)23(19(16)27)13-6-4-3-5-7-13/h3-10,25-26H,1-2H3. The Morgan fingerprint density at radius 2 is 1.81 bits per heavy atom. The van der Waals surface area contributed by atoms with E-state index in [-0.39, 0.29) is 17.1 Å². The fourth-order valence-corrected chi connectivity index (χ4v) is 2.80. The van der Waals surface area contributed by atoms with Crippen molar-refractivity contribution in [2.75, 3.05) is 7.11 Å². The predicted molar refractivity (Wildman–Crippen MR) is 109 cm³/mol. The van der Waals surface area contributed by atoms with Crippen molar-refractivity contribution in [3.63, 3.8) is 0 Å². The number of hydrogen-bond acceptors (Lipinski definition) is 9. The molecular weight excluding hydrogens is 408 g/mol. The van der Waals surface area contributed by atoms with Gasteiger partial charge in [-0.2, -0.15) is 0 Å². The number of azo groups is 1. The topological polar surface area (TPSA) is 157 Å². The zero-order valence-corrected chi connectivity index (χ0v) is 16.3. The molecule has 11 nitrogen and oxygen atoms in total. The molecule has 1 heterocycles. The van der Waals surface area contributed by atoms with Crippen molar-refractivity contribution in [2.24, 2.45) is 10.2 Å². The van der Waals surface area contributed by atoms with Crippen LogP contribution in [0, 0.1) is 17.0 Å². The van der Waals surface area contributed by atoms with Gasteiger partial charge in [-0.25, -0.2) is 9.36 Å². The second-order valence-corrected chi connectivity index (χ2v) is 6.29. The largest absolute Gasteiger partial charge is 0.504 e. The Bertz CT molecular complexity index is 1270. The predicted octanol–water partition coefficient (Wildman–Crippen LogP) is 3.67. The number of hydrogen-bond donors (Lipinski definition) is 2. The molecule has 2 N–H and O–H groups in total. The van der Waals surface area contributed by atoms with Gasteiger partial charge in [-0.05, 0) is 25.1 Å². The van der Waals surface area contributed by atoms with Crippen molar-refractivity contribution < 1.29 is 24.7 Å². The van der Waals surface area contributed by atoms with Gasteiger partial charge in [0.2, 0.25) is 5.88 Å². The summed E-state index contributed by atoms with van der Waals surface area (Å²) in [6.45, 7) is 1.55. The number of nitrogens with zero attached hydrogens (tertiary/aromatic N) is 4. The lowest BCUT2D eigenvalue weighted by molar-refractivity contribution is -0.385. The highest BCUT2D eigenvalue weighted by Gasteiger charge is 2.28. The molecule has 0 fully saturated rings. The highest BCUT2D eigenvalue weighted by Crippen LogP contribution is 2.36. The number of para-hydroxylation sites is 1. The van der Waals surface area contributed by atoms with Crippen LogP contribution in [0.5, 0.6) is 11.6 Å². The number of esters is 1. The lowest BCUT2D eigenvalue weighted by atomic mass is 10.2. The van der Waals surface area contributed by atoms with E-state index in [1.165, 1.54) is 24.3 Å². The van der Waals surface area contributed by atoms with E-state index in [1.807, 2.05) is 0 Å². The molecule has 0 aliphatic heterocycles. The fourth-order valence-electron chi connectivity index (χ4n) is 2.80. The molecule has 0 saturated carbocycles. The smallest absolute Gasteiger partial charge is 0.347 e. The zero-order chi connectivity index (χ0) is 22.7. The number of rotatable bonds is 5. The van der Waals surface area contributed by atoms with Crippen molar-refractivity contribution in [2.45, 2.75) is 6.92 Å². The third-order valence-corrected chi connectivity index (χ3v) is 4.36. The highest BCUT2D eigenvalue weighted by molar-refractivity contribution is 5.96. The minimum Gasteiger partial charge on any atom is -0.504 e. The molecule has 0 bridgehead atoms. The van der Waals surface area contributed by atoms with Crippen molar-refractivity contribution in [1.82, 2.24) is 4.57 Å². The minimum absolute atomic E-state index is 0.0371. The Morgan fingerprint density at radius 1 is 1.13 bits per heavy atom. The van der Waals surface area contributed by atoms with Crippen molar-refractivity contribution in [3.05, 3.63) is 80.1 Å². The van der Waals surface area contributed by atoms with Crippen molar-refractivity contribution >= 4 is 23.0 Å². The van der Waals surface area contributed by atoms with Gasteiger partial charge in [0.15, 0.2) is 17.0 Å². The average Bonchev–Trinajstić information content (AvgIpc) is 2.75. The van der Waals surface area contributed by atoms with E-state index >= 15 is 0 Å². The Balaban J connectivity index is 2.24. The molecule has 158 valence electrons. The molecule has 1 aromatic heterocycles. The number of ether oxygens (including phenoxy) is 1. The number of methoxy groups -OCH3 is 1. The lowest BCUT2D eigenvalue weighted by Crippen LogP contribution is -2.21. The van der Waals surface area contributed by atoms with Crippen LogP contribution < -0.4 is 5.56 Å². The number of aromatic nitrogens is 1. The first-order valence-electron chi connectivity index (χ1n) is 8.77. The Hall–Kier alpha value is -4.54. The summed E-state index contributed by atoms with van der Waals surface area (Å²) in [5.74, 6) is -2.89. The summed E-state index contributed by atoms with van der Waals surface area (Å²) in [7, 11) is 1.03. The number of carbonyl (C=O) groups is 1. The first-order valence-corrected chi connectivity index (χ1v) is 8.77. The van der Waals surface area contributed by atoms with Gasteiger partial charge < -0.3 is 14.9 Å². The van der Waals surface area contributed by atoms with Crippen LogP contribution in [0.1, 0.15) is 15.9 Å². The normalized spacial score (nSPS) is 10.9. The van der Waals surface area contributed by atoms with Crippen LogP contribution in [0.25, 0.3) is 5.69 Å². The Kier molecular flexibility index (Phi) is 5.77. The van der Waals surface area contributed by atoms with Gasteiger partial charge in [0.1, 0.15) is 0 Å². The lowest BCUT2D eigenvalue weighted by Gasteiger charge is -2.14. The van der Waals surface area contributed by atoms with Gasteiger partial charge >= 0.3 is 5.97 Å². The first kappa shape index (κ1) is 21.2. The number of nitro benzene ring substituents is 1. The van der Waals surface area contributed by atoms with Gasteiger partial charge in [0.05, 0.1) is 23.4 Å². The quantitative estimate of drug-likeness (QED) is 0.274. The molecule has 3 rings (SSSR count). The molecule has 0 atom stereocenters. The highest BCUT2D eigenvalue weighted by atomic mass is 16.6. The molecule has 0 aliphatic rings. The van der Waals surface area contributed by atoms with Gasteiger partial charge in [0, 0.05) is 11.6 Å². The third kappa shape index (κ3) is 3.96. The van der Waals surface area contributed by atoms with E-state index in [1.54, 1.807) is 25.1 Å². The number of aromatic hydroxyl groups is 2. The molecule has 3 aromatic rings. The Morgan fingerprint density at radius 3 is 2.42 bits per heavy atom. The van der Waals surface area contributed by atoms with Crippen LogP contribution in [-0.4, -0.2) is 32.8 Å². The second kappa shape index (κ2) is 8.45. The molecular formula is C20H16N4O7. The van der Waals surface area contributed by atoms with Crippen LogP contribution in [0.15, 0.2) is 63.6 Å². The molecule has 11 heteroatoms. The first-order chi connectivity index (χ1) is 14.8. The summed E-state index contributed by atoms with van der Waals surface area (Å²) < 4.78 is 5.34. The van der Waals surface area contributed by atoms with Crippen LogP contribution >= 0.6 is 0 Å². The molecule has 0 amide bonds. The van der Waals surface area contributed by atoms with E-state index in [9.17, 15) is 29.9 Å². The zero-order valence-electron chi connectivity index (χ0n) is 16.3. The summed E-state index contributed by atoms with van der Waals surface area (Å²) in [4.78, 5) is 35.6. The van der Waals surface area contributed by atoms with E-state index in [0.717, 1.165) is 17.7 Å². The van der Waals surface area contributed by atoms with Crippen molar-refractivity contribution in [3.8, 4) is 17.3 Å². The SMILES string of the molecule is COC(=O)c1c(O)c(N=Nc2ccc(C)c([N+](=O)[O-])c2)c(=O)n(-c2ccccc2)c1O. The minimum atomic E-state index is -1.11. The summed E-state index contributed by atoms with van der Waals surface area (Å²) in [6, 6.07) is 11.9. The number of carbonyl (C=O) groups excluding carboxylic acids is 1. The summed E-state index contributed by atoms with van der Waals surface area (Å²) >= 11 is 0. The number of aryl methyl sites for hydroxylation is 1. The van der Waals surface area contributed by atoms with Crippen LogP contribution in [-0.2, 0) is 4.74 Å². The fraction of sp³-hybridized carbons (Fsp3) is 0.100. The molecule has 0 saturated heterocycles. The molecule has 0 radical (unpaired) electrons. The maximum absolute atomic E-state index is 13.0. The molecule has 0 spiro atoms. The van der Waals surface area contributed by atoms with E-state index < -0.39 is 39.3 Å². The maximum atomic E-state index is 13.0. The second-order valence-electron chi connectivity index (χ2n) is 6.29. The van der Waals surface area contributed by atoms with Crippen LogP contribution in [0.2, 0.25) is 0 Å². The van der Waals surface area contributed by atoms with E-state index in [0.29, 0.717) is 5.56 Å². The summed E-state index contributed by atoms with van der Waals surface area (Å²) in [5, 5.41) is 39.6. The molecule has 0 unspecified atom stereocenters. The monoisotopic (exact) mass is 424 g/mol. The summed E-state index contributed by atoms with van der Waals surface area (Å²) in [6.07, 6.45) is 0.